The lowest BCUT2D eigenvalue weighted by Crippen LogP contribution is -2.34. The van der Waals surface area contributed by atoms with Gasteiger partial charge in [0.1, 0.15) is 0 Å². The monoisotopic (exact) mass is 333 g/mol. The van der Waals surface area contributed by atoms with Crippen LogP contribution in [0.1, 0.15) is 19.3 Å². The maximum Gasteiger partial charge on any atom is 0.151 e. The van der Waals surface area contributed by atoms with Crippen LogP contribution >= 0.6 is 0 Å². The van der Waals surface area contributed by atoms with Crippen molar-refractivity contribution in [1.29, 1.82) is 0 Å². The van der Waals surface area contributed by atoms with Crippen molar-refractivity contribution in [1.82, 2.24) is 20.0 Å². The van der Waals surface area contributed by atoms with E-state index < -0.39 is 0 Å². The second kappa shape index (κ2) is 7.47. The van der Waals surface area contributed by atoms with E-state index in [1.165, 1.54) is 19.3 Å². The van der Waals surface area contributed by atoms with Gasteiger partial charge in [-0.3, -0.25) is 4.68 Å². The molecule has 0 bridgehead atoms. The minimum atomic E-state index is 0.775. The Kier molecular flexibility index (Phi) is 4.72. The predicted molar refractivity (Wildman–Crippen MR) is 99.2 cm³/mol. The summed E-state index contributed by atoms with van der Waals surface area (Å²) in [4.78, 5) is 2.35. The molecule has 0 unspecified atom stereocenters. The summed E-state index contributed by atoms with van der Waals surface area (Å²) in [7, 11) is 0. The third-order valence-electron chi connectivity index (χ3n) is 4.98. The highest BCUT2D eigenvalue weighted by atomic mass is 15.3. The van der Waals surface area contributed by atoms with E-state index in [2.05, 4.69) is 44.5 Å². The fraction of sp³-hybridized carbons (Fsp3) is 0.350. The van der Waals surface area contributed by atoms with Gasteiger partial charge in [0.25, 0.3) is 0 Å². The molecule has 5 nitrogen and oxygen atoms in total. The van der Waals surface area contributed by atoms with Gasteiger partial charge in [0.05, 0.1) is 5.69 Å². The Bertz CT molecular complexity index is 760. The first-order chi connectivity index (χ1) is 12.4. The van der Waals surface area contributed by atoms with Gasteiger partial charge in [0, 0.05) is 37.6 Å². The zero-order chi connectivity index (χ0) is 16.9. The summed E-state index contributed by atoms with van der Waals surface area (Å²) in [5, 5.41) is 13.1. The summed E-state index contributed by atoms with van der Waals surface area (Å²) in [6.07, 6.45) is 7.51. The first kappa shape index (κ1) is 15.8. The molecule has 1 fully saturated rings. The van der Waals surface area contributed by atoms with Crippen LogP contribution < -0.4 is 4.90 Å². The summed E-state index contributed by atoms with van der Waals surface area (Å²) in [5.74, 6) is 1.77. The van der Waals surface area contributed by atoms with Gasteiger partial charge >= 0.3 is 0 Å². The van der Waals surface area contributed by atoms with Crippen LogP contribution in [0.25, 0.3) is 11.3 Å². The van der Waals surface area contributed by atoms with E-state index in [4.69, 9.17) is 0 Å². The highest BCUT2D eigenvalue weighted by Gasteiger charge is 2.20. The standard InChI is InChI=1S/C20H23N5/c1-2-5-18(6-3-1)19-7-8-20(23-22-19)24-14-9-17(10-15-24)11-16-25-13-4-12-21-25/h1-8,12-13,17H,9-11,14-16H2. The van der Waals surface area contributed by atoms with Crippen molar-refractivity contribution in [3.05, 3.63) is 60.9 Å². The molecule has 1 aliphatic rings. The molecular formula is C20H23N5. The molecule has 0 amide bonds. The molecule has 5 heteroatoms. The van der Waals surface area contributed by atoms with Gasteiger partial charge in [-0.1, -0.05) is 30.3 Å². The maximum atomic E-state index is 4.45. The fourth-order valence-corrected chi connectivity index (χ4v) is 3.46. The van der Waals surface area contributed by atoms with Crippen LogP contribution in [0, 0.1) is 5.92 Å². The van der Waals surface area contributed by atoms with Crippen molar-refractivity contribution >= 4 is 5.82 Å². The third kappa shape index (κ3) is 3.87. The molecule has 0 spiro atoms. The van der Waals surface area contributed by atoms with Gasteiger partial charge in [-0.2, -0.15) is 5.10 Å². The van der Waals surface area contributed by atoms with E-state index in [0.717, 1.165) is 42.6 Å². The Balaban J connectivity index is 1.31. The molecule has 0 atom stereocenters. The topological polar surface area (TPSA) is 46.8 Å². The smallest absolute Gasteiger partial charge is 0.151 e. The SMILES string of the molecule is c1ccc(-c2ccc(N3CCC(CCn4cccn4)CC3)nn2)cc1. The van der Waals surface area contributed by atoms with Crippen LogP contribution in [0.5, 0.6) is 0 Å². The normalized spacial score (nSPS) is 15.4. The lowest BCUT2D eigenvalue weighted by molar-refractivity contribution is 0.353. The molecule has 0 N–H and O–H groups in total. The lowest BCUT2D eigenvalue weighted by atomic mass is 9.93. The molecule has 3 heterocycles. The molecule has 1 aromatic carbocycles. The number of rotatable bonds is 5. The Morgan fingerprint density at radius 2 is 1.76 bits per heavy atom. The number of anilines is 1. The van der Waals surface area contributed by atoms with Crippen LogP contribution in [0.2, 0.25) is 0 Å². The average Bonchev–Trinajstić information content (AvgIpc) is 3.21. The van der Waals surface area contributed by atoms with E-state index >= 15 is 0 Å². The Hall–Kier alpha value is -2.69. The molecule has 1 saturated heterocycles. The molecule has 3 aromatic rings. The molecular weight excluding hydrogens is 310 g/mol. The van der Waals surface area contributed by atoms with Crippen LogP contribution in [0.3, 0.4) is 0 Å². The zero-order valence-electron chi connectivity index (χ0n) is 14.3. The van der Waals surface area contributed by atoms with Gasteiger partial charge in [-0.05, 0) is 43.4 Å². The summed E-state index contributed by atoms with van der Waals surface area (Å²) in [6.45, 7) is 3.13. The number of nitrogens with zero attached hydrogens (tertiary/aromatic N) is 5. The summed E-state index contributed by atoms with van der Waals surface area (Å²) < 4.78 is 2.03. The van der Waals surface area contributed by atoms with Crippen molar-refractivity contribution < 1.29 is 0 Å². The minimum Gasteiger partial charge on any atom is -0.355 e. The van der Waals surface area contributed by atoms with Crippen molar-refractivity contribution in [2.24, 2.45) is 5.92 Å². The second-order valence-corrected chi connectivity index (χ2v) is 6.63. The Labute approximate surface area is 148 Å². The molecule has 4 rings (SSSR count). The molecule has 128 valence electrons. The number of piperidine rings is 1. The van der Waals surface area contributed by atoms with Gasteiger partial charge < -0.3 is 4.90 Å². The van der Waals surface area contributed by atoms with Crippen molar-refractivity contribution in [3.8, 4) is 11.3 Å². The van der Waals surface area contributed by atoms with Crippen molar-refractivity contribution in [3.63, 3.8) is 0 Å². The molecule has 25 heavy (non-hydrogen) atoms. The quantitative estimate of drug-likeness (QED) is 0.715. The number of hydrogen-bond donors (Lipinski definition) is 0. The van der Waals surface area contributed by atoms with Crippen LogP contribution in [-0.2, 0) is 6.54 Å². The van der Waals surface area contributed by atoms with E-state index in [0.29, 0.717) is 0 Å². The van der Waals surface area contributed by atoms with E-state index in [1.807, 2.05) is 41.3 Å². The number of aromatic nitrogens is 4. The van der Waals surface area contributed by atoms with Crippen molar-refractivity contribution in [2.45, 2.75) is 25.8 Å². The molecule has 0 radical (unpaired) electrons. The fourth-order valence-electron chi connectivity index (χ4n) is 3.46. The first-order valence-corrected chi connectivity index (χ1v) is 9.00. The maximum absolute atomic E-state index is 4.45. The Morgan fingerprint density at radius 1 is 0.920 bits per heavy atom. The van der Waals surface area contributed by atoms with E-state index in [-0.39, 0.29) is 0 Å². The first-order valence-electron chi connectivity index (χ1n) is 9.00. The highest BCUT2D eigenvalue weighted by molar-refractivity contribution is 5.59. The molecule has 2 aromatic heterocycles. The molecule has 1 aliphatic heterocycles. The minimum absolute atomic E-state index is 0.775. The third-order valence-corrected chi connectivity index (χ3v) is 4.98. The Morgan fingerprint density at radius 3 is 2.44 bits per heavy atom. The number of benzene rings is 1. The zero-order valence-corrected chi connectivity index (χ0v) is 14.3. The van der Waals surface area contributed by atoms with Gasteiger partial charge in [-0.15, -0.1) is 10.2 Å². The van der Waals surface area contributed by atoms with Crippen LogP contribution in [-0.4, -0.2) is 33.1 Å². The molecule has 0 saturated carbocycles. The lowest BCUT2D eigenvalue weighted by Gasteiger charge is -2.32. The van der Waals surface area contributed by atoms with Gasteiger partial charge in [0.15, 0.2) is 5.82 Å². The van der Waals surface area contributed by atoms with Gasteiger partial charge in [0.2, 0.25) is 0 Å². The predicted octanol–water partition coefficient (Wildman–Crippen LogP) is 3.65. The van der Waals surface area contributed by atoms with Crippen LogP contribution in [0.15, 0.2) is 60.9 Å². The summed E-state index contributed by atoms with van der Waals surface area (Å²) >= 11 is 0. The average molecular weight is 333 g/mol. The summed E-state index contributed by atoms with van der Waals surface area (Å²) in [5.41, 5.74) is 2.04. The van der Waals surface area contributed by atoms with E-state index in [1.54, 1.807) is 0 Å². The largest absolute Gasteiger partial charge is 0.355 e. The molecule has 0 aliphatic carbocycles. The second-order valence-electron chi connectivity index (χ2n) is 6.63. The van der Waals surface area contributed by atoms with Gasteiger partial charge in [-0.25, -0.2) is 0 Å². The highest BCUT2D eigenvalue weighted by Crippen LogP contribution is 2.25. The van der Waals surface area contributed by atoms with Crippen LogP contribution in [0.4, 0.5) is 5.82 Å². The number of aryl methyl sites for hydroxylation is 1. The summed E-state index contributed by atoms with van der Waals surface area (Å²) in [6, 6.07) is 16.4. The van der Waals surface area contributed by atoms with E-state index in [9.17, 15) is 0 Å². The number of hydrogen-bond acceptors (Lipinski definition) is 4. The van der Waals surface area contributed by atoms with Crippen molar-refractivity contribution in [2.75, 3.05) is 18.0 Å².